The number of benzene rings is 2. The maximum Gasteiger partial charge on any atom is 0.416 e. The molecule has 0 fully saturated rings. The van der Waals surface area contributed by atoms with Crippen LogP contribution in [0.15, 0.2) is 48.5 Å². The van der Waals surface area contributed by atoms with Gasteiger partial charge in [0.05, 0.1) is 11.6 Å². The van der Waals surface area contributed by atoms with Crippen molar-refractivity contribution in [2.45, 2.75) is 38.0 Å². The molecule has 0 radical (unpaired) electrons. The van der Waals surface area contributed by atoms with E-state index in [1.165, 1.54) is 11.0 Å². The molecule has 0 aliphatic carbocycles. The van der Waals surface area contributed by atoms with E-state index < -0.39 is 17.8 Å². The number of nitrogens with zero attached hydrogens (tertiary/aromatic N) is 1. The second kappa shape index (κ2) is 6.52. The number of anilines is 1. The van der Waals surface area contributed by atoms with Crippen LogP contribution in [-0.2, 0) is 23.8 Å². The van der Waals surface area contributed by atoms with Gasteiger partial charge in [-0.3, -0.25) is 4.79 Å². The first-order chi connectivity index (χ1) is 11.8. The van der Waals surface area contributed by atoms with Gasteiger partial charge in [-0.05, 0) is 43.0 Å². The molecule has 2 N–H and O–H groups in total. The van der Waals surface area contributed by atoms with Crippen LogP contribution >= 0.6 is 0 Å². The van der Waals surface area contributed by atoms with E-state index in [2.05, 4.69) is 0 Å². The van der Waals surface area contributed by atoms with Crippen LogP contribution in [-0.4, -0.2) is 18.0 Å². The van der Waals surface area contributed by atoms with Gasteiger partial charge in [0.15, 0.2) is 0 Å². The third kappa shape index (κ3) is 3.54. The molecule has 0 spiro atoms. The van der Waals surface area contributed by atoms with Crippen LogP contribution in [0.5, 0.6) is 0 Å². The number of nitrogens with two attached hydrogens (primary N) is 1. The lowest BCUT2D eigenvalue weighted by Crippen LogP contribution is -2.53. The molecule has 3 rings (SSSR count). The molecular weight excluding hydrogens is 329 g/mol. The summed E-state index contributed by atoms with van der Waals surface area (Å²) < 4.78 is 39.2. The molecule has 1 amide bonds. The minimum atomic E-state index is -4.45. The Hall–Kier alpha value is -2.34. The second-order valence-electron chi connectivity index (χ2n) is 6.40. The van der Waals surface area contributed by atoms with Gasteiger partial charge < -0.3 is 10.6 Å². The normalized spacial score (nSPS) is 18.8. The summed E-state index contributed by atoms with van der Waals surface area (Å²) in [6, 6.07) is 12.0. The summed E-state index contributed by atoms with van der Waals surface area (Å²) in [6.45, 7) is 1.83. The van der Waals surface area contributed by atoms with Crippen LogP contribution in [0.1, 0.15) is 23.6 Å². The highest BCUT2D eigenvalue weighted by Crippen LogP contribution is 2.36. The highest BCUT2D eigenvalue weighted by atomic mass is 19.4. The van der Waals surface area contributed by atoms with E-state index in [9.17, 15) is 18.0 Å². The van der Waals surface area contributed by atoms with Gasteiger partial charge >= 0.3 is 6.18 Å². The predicted octanol–water partition coefficient (Wildman–Crippen LogP) is 3.55. The smallest absolute Gasteiger partial charge is 0.320 e. The summed E-state index contributed by atoms with van der Waals surface area (Å²) in [4.78, 5) is 14.0. The molecule has 1 heterocycles. The molecular formula is C19H19F3N2O. The minimum Gasteiger partial charge on any atom is -0.320 e. The first-order valence-electron chi connectivity index (χ1n) is 8.10. The zero-order valence-corrected chi connectivity index (χ0v) is 13.8. The van der Waals surface area contributed by atoms with Crippen molar-refractivity contribution in [2.75, 3.05) is 4.90 Å². The summed E-state index contributed by atoms with van der Waals surface area (Å²) in [5.74, 6) is -0.338. The number of hydrogen-bond acceptors (Lipinski definition) is 2. The van der Waals surface area contributed by atoms with Crippen LogP contribution in [0.4, 0.5) is 18.9 Å². The topological polar surface area (TPSA) is 46.3 Å². The zero-order chi connectivity index (χ0) is 18.2. The molecule has 1 unspecified atom stereocenters. The predicted molar refractivity (Wildman–Crippen MR) is 90.2 cm³/mol. The van der Waals surface area contributed by atoms with Crippen molar-refractivity contribution in [3.8, 4) is 0 Å². The highest BCUT2D eigenvalue weighted by Gasteiger charge is 2.37. The van der Waals surface area contributed by atoms with Crippen LogP contribution in [0, 0.1) is 0 Å². The number of rotatable bonds is 3. The Morgan fingerprint density at radius 1 is 1.20 bits per heavy atom. The third-order valence-electron chi connectivity index (χ3n) is 4.48. The van der Waals surface area contributed by atoms with Gasteiger partial charge in [-0.1, -0.05) is 36.4 Å². The van der Waals surface area contributed by atoms with Gasteiger partial charge in [0.25, 0.3) is 0 Å². The lowest BCUT2D eigenvalue weighted by Gasteiger charge is -2.37. The fraction of sp³-hybridized carbons (Fsp3) is 0.316. The van der Waals surface area contributed by atoms with E-state index in [1.54, 1.807) is 0 Å². The molecule has 1 aliphatic rings. The molecule has 0 saturated carbocycles. The Morgan fingerprint density at radius 3 is 2.52 bits per heavy atom. The van der Waals surface area contributed by atoms with E-state index in [0.717, 1.165) is 17.7 Å². The van der Waals surface area contributed by atoms with Gasteiger partial charge in [0.1, 0.15) is 0 Å². The maximum absolute atomic E-state index is 13.1. The highest BCUT2D eigenvalue weighted by molar-refractivity contribution is 6.00. The van der Waals surface area contributed by atoms with Crippen molar-refractivity contribution in [1.82, 2.24) is 0 Å². The molecule has 2 aromatic carbocycles. The average molecular weight is 348 g/mol. The summed E-state index contributed by atoms with van der Waals surface area (Å²) >= 11 is 0. The fourth-order valence-electron chi connectivity index (χ4n) is 3.26. The van der Waals surface area contributed by atoms with Gasteiger partial charge in [0, 0.05) is 11.7 Å². The lowest BCUT2D eigenvalue weighted by atomic mass is 9.93. The Bertz CT molecular complexity index is 774. The Morgan fingerprint density at radius 2 is 1.88 bits per heavy atom. The van der Waals surface area contributed by atoms with Gasteiger partial charge in [-0.2, -0.15) is 13.2 Å². The second-order valence-corrected chi connectivity index (χ2v) is 6.40. The molecule has 25 heavy (non-hydrogen) atoms. The van der Waals surface area contributed by atoms with Gasteiger partial charge in [-0.25, -0.2) is 0 Å². The van der Waals surface area contributed by atoms with Crippen molar-refractivity contribution in [1.29, 1.82) is 0 Å². The van der Waals surface area contributed by atoms with Crippen molar-refractivity contribution in [3.05, 3.63) is 65.2 Å². The number of alkyl halides is 3. The molecule has 2 aromatic rings. The van der Waals surface area contributed by atoms with Crippen LogP contribution in [0.2, 0.25) is 0 Å². The number of amides is 1. The molecule has 2 atom stereocenters. The van der Waals surface area contributed by atoms with E-state index in [1.807, 2.05) is 37.3 Å². The van der Waals surface area contributed by atoms with Crippen molar-refractivity contribution >= 4 is 11.6 Å². The minimum absolute atomic E-state index is 0.251. The SMILES string of the molecule is C[C@@H](Cc1ccccc1)N1C(=O)C(N)Cc2ccc(C(F)(F)F)cc21. The quantitative estimate of drug-likeness (QED) is 0.922. The largest absolute Gasteiger partial charge is 0.416 e. The van der Waals surface area contributed by atoms with E-state index in [-0.39, 0.29) is 18.4 Å². The van der Waals surface area contributed by atoms with E-state index >= 15 is 0 Å². The number of carbonyl (C=O) groups is 1. The zero-order valence-electron chi connectivity index (χ0n) is 13.8. The number of hydrogen-bond donors (Lipinski definition) is 1. The molecule has 3 nitrogen and oxygen atoms in total. The lowest BCUT2D eigenvalue weighted by molar-refractivity contribution is -0.137. The molecule has 132 valence electrons. The average Bonchev–Trinajstić information content (AvgIpc) is 2.55. The van der Waals surface area contributed by atoms with Crippen molar-refractivity contribution in [3.63, 3.8) is 0 Å². The Labute approximate surface area is 144 Å². The van der Waals surface area contributed by atoms with E-state index in [0.29, 0.717) is 17.7 Å². The standard InChI is InChI=1S/C19H19F3N2O/c1-12(9-13-5-3-2-4-6-13)24-17-11-15(19(20,21)22)8-7-14(17)10-16(23)18(24)25/h2-8,11-12,16H,9-10,23H2,1H3/t12-,16?/m0/s1. The molecule has 1 aliphatic heterocycles. The van der Waals surface area contributed by atoms with Gasteiger partial charge in [-0.15, -0.1) is 0 Å². The molecule has 0 bridgehead atoms. The third-order valence-corrected chi connectivity index (χ3v) is 4.48. The summed E-state index contributed by atoms with van der Waals surface area (Å²) in [5, 5.41) is 0. The monoisotopic (exact) mass is 348 g/mol. The Balaban J connectivity index is 1.99. The number of halogens is 3. The van der Waals surface area contributed by atoms with Crippen molar-refractivity contribution < 1.29 is 18.0 Å². The van der Waals surface area contributed by atoms with Crippen molar-refractivity contribution in [2.24, 2.45) is 5.73 Å². The first kappa shape index (κ1) is 17.5. The Kier molecular flexibility index (Phi) is 4.56. The van der Waals surface area contributed by atoms with E-state index in [4.69, 9.17) is 5.73 Å². The molecule has 0 aromatic heterocycles. The van der Waals surface area contributed by atoms with Crippen LogP contribution in [0.25, 0.3) is 0 Å². The number of fused-ring (bicyclic) bond motifs is 1. The summed E-state index contributed by atoms with van der Waals surface area (Å²) in [7, 11) is 0. The van der Waals surface area contributed by atoms with Gasteiger partial charge in [0.2, 0.25) is 5.91 Å². The first-order valence-corrected chi connectivity index (χ1v) is 8.10. The van der Waals surface area contributed by atoms with Crippen LogP contribution in [0.3, 0.4) is 0 Å². The number of carbonyl (C=O) groups excluding carboxylic acids is 1. The fourth-order valence-corrected chi connectivity index (χ4v) is 3.26. The van der Waals surface area contributed by atoms with Crippen LogP contribution < -0.4 is 10.6 Å². The molecule has 0 saturated heterocycles. The molecule has 6 heteroatoms. The summed E-state index contributed by atoms with van der Waals surface area (Å²) in [6.07, 6.45) is -3.66. The maximum atomic E-state index is 13.1. The summed E-state index contributed by atoms with van der Waals surface area (Å²) in [5.41, 5.74) is 7.15.